The predicted octanol–water partition coefficient (Wildman–Crippen LogP) is 4.49. The van der Waals surface area contributed by atoms with Crippen molar-refractivity contribution in [3.05, 3.63) is 60.0 Å². The molecule has 1 fully saturated rings. The Labute approximate surface area is 170 Å². The molecule has 2 aromatic rings. The van der Waals surface area contributed by atoms with E-state index in [9.17, 15) is 9.18 Å². The summed E-state index contributed by atoms with van der Waals surface area (Å²) in [7, 11) is 0. The Kier molecular flexibility index (Phi) is 6.10. The number of carbonyl (C=O) groups is 1. The van der Waals surface area contributed by atoms with Gasteiger partial charge < -0.3 is 20.3 Å². The number of hydrogen-bond donors (Lipinski definition) is 2. The first-order chi connectivity index (χ1) is 14.2. The van der Waals surface area contributed by atoms with Crippen molar-refractivity contribution in [2.24, 2.45) is 0 Å². The minimum Gasteiger partial charge on any atom is -0.494 e. The molecule has 4 rings (SSSR count). The molecule has 6 heteroatoms. The molecule has 0 bridgehead atoms. The highest BCUT2D eigenvalue weighted by Gasteiger charge is 2.27. The molecular weight excluding hydrogens is 369 g/mol. The van der Waals surface area contributed by atoms with Crippen LogP contribution in [0.5, 0.6) is 5.75 Å². The molecule has 2 aromatic carbocycles. The lowest BCUT2D eigenvalue weighted by Gasteiger charge is -2.26. The number of nitrogens with one attached hydrogen (secondary N) is 2. The van der Waals surface area contributed by atoms with E-state index in [1.807, 2.05) is 24.3 Å². The van der Waals surface area contributed by atoms with Crippen molar-refractivity contribution in [3.8, 4) is 5.75 Å². The fourth-order valence-electron chi connectivity index (χ4n) is 3.81. The number of halogens is 1. The Hall–Kier alpha value is -2.86. The number of benzene rings is 2. The number of piperidine rings is 1. The fraction of sp³-hybridized carbons (Fsp3) is 0.348. The number of hydrogen-bond acceptors (Lipinski definition) is 4. The van der Waals surface area contributed by atoms with E-state index in [4.69, 9.17) is 4.74 Å². The molecule has 0 spiro atoms. The molecule has 0 aliphatic carbocycles. The number of amides is 1. The van der Waals surface area contributed by atoms with Crippen molar-refractivity contribution in [2.75, 3.05) is 36.9 Å². The number of nitrogens with zero attached hydrogens (tertiary/aromatic N) is 1. The van der Waals surface area contributed by atoms with Gasteiger partial charge in [-0.15, -0.1) is 0 Å². The molecule has 2 aliphatic rings. The molecular formula is C23H26FN3O2. The topological polar surface area (TPSA) is 53.6 Å². The van der Waals surface area contributed by atoms with E-state index in [0.717, 1.165) is 24.4 Å². The van der Waals surface area contributed by atoms with Gasteiger partial charge >= 0.3 is 0 Å². The van der Waals surface area contributed by atoms with Gasteiger partial charge in [0.25, 0.3) is 5.91 Å². The van der Waals surface area contributed by atoms with Crippen LogP contribution in [-0.4, -0.2) is 37.0 Å². The molecule has 5 nitrogen and oxygen atoms in total. The Morgan fingerprint density at radius 3 is 2.69 bits per heavy atom. The van der Waals surface area contributed by atoms with E-state index in [1.165, 1.54) is 38.4 Å². The first-order valence-electron chi connectivity index (χ1n) is 10.2. The summed E-state index contributed by atoms with van der Waals surface area (Å²) in [5.74, 6) is 0.0882. The van der Waals surface area contributed by atoms with Crippen molar-refractivity contribution in [2.45, 2.75) is 25.7 Å². The third-order valence-corrected chi connectivity index (χ3v) is 5.35. The van der Waals surface area contributed by atoms with E-state index in [0.29, 0.717) is 17.9 Å². The molecule has 0 atom stereocenters. The fourth-order valence-corrected chi connectivity index (χ4v) is 3.81. The van der Waals surface area contributed by atoms with Crippen LogP contribution >= 0.6 is 0 Å². The predicted molar refractivity (Wildman–Crippen MR) is 113 cm³/mol. The van der Waals surface area contributed by atoms with Gasteiger partial charge in [0.1, 0.15) is 11.6 Å². The number of fused-ring (bicyclic) bond motifs is 1. The van der Waals surface area contributed by atoms with Crippen molar-refractivity contribution in [1.29, 1.82) is 0 Å². The summed E-state index contributed by atoms with van der Waals surface area (Å²) < 4.78 is 19.9. The van der Waals surface area contributed by atoms with Gasteiger partial charge in [-0.2, -0.15) is 0 Å². The van der Waals surface area contributed by atoms with Crippen molar-refractivity contribution in [3.63, 3.8) is 0 Å². The largest absolute Gasteiger partial charge is 0.494 e. The van der Waals surface area contributed by atoms with Gasteiger partial charge in [-0.1, -0.05) is 12.5 Å². The molecule has 2 N–H and O–H groups in total. The van der Waals surface area contributed by atoms with Gasteiger partial charge in [-0.05, 0) is 68.8 Å². The molecule has 2 heterocycles. The highest BCUT2D eigenvalue weighted by molar-refractivity contribution is 6.31. The van der Waals surface area contributed by atoms with Crippen molar-refractivity contribution in [1.82, 2.24) is 4.90 Å². The maximum Gasteiger partial charge on any atom is 0.257 e. The van der Waals surface area contributed by atoms with E-state index < -0.39 is 5.82 Å². The zero-order valence-corrected chi connectivity index (χ0v) is 16.4. The highest BCUT2D eigenvalue weighted by atomic mass is 19.1. The summed E-state index contributed by atoms with van der Waals surface area (Å²) >= 11 is 0. The summed E-state index contributed by atoms with van der Waals surface area (Å²) in [6.07, 6.45) is 6.54. The van der Waals surface area contributed by atoms with Gasteiger partial charge in [0.2, 0.25) is 0 Å². The van der Waals surface area contributed by atoms with Gasteiger partial charge in [0.15, 0.2) is 0 Å². The van der Waals surface area contributed by atoms with E-state index in [1.54, 1.807) is 18.3 Å². The van der Waals surface area contributed by atoms with Gasteiger partial charge in [-0.3, -0.25) is 4.79 Å². The Morgan fingerprint density at radius 1 is 1.10 bits per heavy atom. The van der Waals surface area contributed by atoms with Crippen LogP contribution in [0.4, 0.5) is 15.8 Å². The number of rotatable bonds is 7. The van der Waals surface area contributed by atoms with Crippen LogP contribution in [0, 0.1) is 5.82 Å². The molecule has 29 heavy (non-hydrogen) atoms. The van der Waals surface area contributed by atoms with Crippen LogP contribution in [0.15, 0.2) is 48.7 Å². The molecule has 1 saturated heterocycles. The molecule has 152 valence electrons. The summed E-state index contributed by atoms with van der Waals surface area (Å²) in [5, 5.41) is 5.75. The molecule has 0 unspecified atom stereocenters. The average Bonchev–Trinajstić information content (AvgIpc) is 3.07. The maximum atomic E-state index is 14.1. The maximum absolute atomic E-state index is 14.1. The van der Waals surface area contributed by atoms with Crippen LogP contribution in [0.1, 0.15) is 31.2 Å². The summed E-state index contributed by atoms with van der Waals surface area (Å²) in [4.78, 5) is 14.6. The summed E-state index contributed by atoms with van der Waals surface area (Å²) in [5.41, 5.74) is 1.89. The third-order valence-electron chi connectivity index (χ3n) is 5.35. The zero-order valence-electron chi connectivity index (χ0n) is 16.4. The number of carbonyl (C=O) groups excluding carboxylic acids is 1. The first kappa shape index (κ1) is 19.5. The monoisotopic (exact) mass is 395 g/mol. The molecule has 1 amide bonds. The van der Waals surface area contributed by atoms with Crippen molar-refractivity contribution >= 4 is 22.9 Å². The second kappa shape index (κ2) is 9.09. The number of ether oxygens (including phenoxy) is 1. The van der Waals surface area contributed by atoms with E-state index >= 15 is 0 Å². The average molecular weight is 395 g/mol. The summed E-state index contributed by atoms with van der Waals surface area (Å²) in [6.45, 7) is 4.21. The van der Waals surface area contributed by atoms with Gasteiger partial charge in [0, 0.05) is 24.0 Å². The zero-order chi connectivity index (χ0) is 20.1. The quantitative estimate of drug-likeness (QED) is 0.536. The van der Waals surface area contributed by atoms with Crippen LogP contribution in [-0.2, 0) is 4.79 Å². The van der Waals surface area contributed by atoms with Crippen LogP contribution in [0.25, 0.3) is 5.57 Å². The van der Waals surface area contributed by atoms with Crippen LogP contribution in [0.3, 0.4) is 0 Å². The molecule has 0 radical (unpaired) electrons. The normalized spacial score (nSPS) is 17.8. The SMILES string of the molecule is O=C1Nc2cccc(F)c2/C1=C\Nc1ccc(OCCCN2CCCCC2)cc1. The standard InChI is InChI=1S/C23H26FN3O2/c24-20-6-4-7-21-22(20)19(23(28)26-21)16-25-17-8-10-18(11-9-17)29-15-5-14-27-12-2-1-3-13-27/h4,6-11,16,25H,1-3,5,12-15H2,(H,26,28)/b19-16+. The minimum absolute atomic E-state index is 0.288. The first-order valence-corrected chi connectivity index (χ1v) is 10.2. The van der Waals surface area contributed by atoms with Crippen LogP contribution in [0.2, 0.25) is 0 Å². The van der Waals surface area contributed by atoms with Gasteiger partial charge in [0.05, 0.1) is 17.9 Å². The Morgan fingerprint density at radius 2 is 1.90 bits per heavy atom. The smallest absolute Gasteiger partial charge is 0.257 e. The second-order valence-electron chi connectivity index (χ2n) is 7.45. The Bertz CT molecular complexity index is 889. The van der Waals surface area contributed by atoms with Crippen LogP contribution < -0.4 is 15.4 Å². The minimum atomic E-state index is -0.415. The lowest BCUT2D eigenvalue weighted by atomic mass is 10.1. The summed E-state index contributed by atoms with van der Waals surface area (Å²) in [6, 6.07) is 12.2. The lowest BCUT2D eigenvalue weighted by molar-refractivity contribution is -0.110. The van der Waals surface area contributed by atoms with Crippen molar-refractivity contribution < 1.29 is 13.9 Å². The molecule has 0 aromatic heterocycles. The lowest BCUT2D eigenvalue weighted by Crippen LogP contribution is -2.31. The Balaban J connectivity index is 1.29. The van der Waals surface area contributed by atoms with Gasteiger partial charge in [-0.25, -0.2) is 4.39 Å². The molecule has 0 saturated carbocycles. The van der Waals surface area contributed by atoms with E-state index in [-0.39, 0.29) is 11.5 Å². The highest BCUT2D eigenvalue weighted by Crippen LogP contribution is 2.33. The number of anilines is 2. The third kappa shape index (κ3) is 4.77. The van der Waals surface area contributed by atoms with E-state index in [2.05, 4.69) is 15.5 Å². The second-order valence-corrected chi connectivity index (χ2v) is 7.45. The molecule has 2 aliphatic heterocycles. The number of likely N-dealkylation sites (tertiary alicyclic amines) is 1.